The van der Waals surface area contributed by atoms with Crippen molar-refractivity contribution < 1.29 is 14.3 Å². The Morgan fingerprint density at radius 1 is 1.46 bits per heavy atom. The number of carbonyl (C=O) groups is 2. The summed E-state index contributed by atoms with van der Waals surface area (Å²) in [6, 6.07) is 5.36. The van der Waals surface area contributed by atoms with Gasteiger partial charge in [-0.05, 0) is 31.2 Å². The molecule has 0 bridgehead atoms. The fraction of sp³-hybridized carbons (Fsp3) is 0.529. The normalized spacial score (nSPS) is 23.6. The number of nitrogens with zero attached hydrogens (tertiary/aromatic N) is 2. The van der Waals surface area contributed by atoms with Crippen molar-refractivity contribution in [2.24, 2.45) is 5.92 Å². The molecular formula is C17H22ClN3O3. The minimum atomic E-state index is -0.327. The monoisotopic (exact) mass is 351 g/mol. The number of methoxy groups -OCH3 is 1. The van der Waals surface area contributed by atoms with Crippen LogP contribution in [0, 0.1) is 5.92 Å². The molecule has 0 aromatic heterocycles. The van der Waals surface area contributed by atoms with E-state index in [-0.39, 0.29) is 30.2 Å². The molecule has 0 aliphatic carbocycles. The van der Waals surface area contributed by atoms with Crippen LogP contribution in [0.25, 0.3) is 0 Å². The van der Waals surface area contributed by atoms with Gasteiger partial charge in [-0.3, -0.25) is 9.59 Å². The Kier molecular flexibility index (Phi) is 4.96. The molecule has 0 saturated carbocycles. The lowest BCUT2D eigenvalue weighted by Gasteiger charge is -2.26. The maximum absolute atomic E-state index is 12.7. The lowest BCUT2D eigenvalue weighted by Crippen LogP contribution is -2.42. The molecule has 2 aliphatic heterocycles. The number of amides is 2. The van der Waals surface area contributed by atoms with E-state index >= 15 is 0 Å². The first kappa shape index (κ1) is 17.0. The lowest BCUT2D eigenvalue weighted by atomic mass is 10.1. The van der Waals surface area contributed by atoms with Crippen molar-refractivity contribution in [3.05, 3.63) is 23.2 Å². The second kappa shape index (κ2) is 6.99. The van der Waals surface area contributed by atoms with Crippen LogP contribution in [0.5, 0.6) is 5.75 Å². The second-order valence-corrected chi connectivity index (χ2v) is 6.75. The highest BCUT2D eigenvalue weighted by atomic mass is 35.5. The van der Waals surface area contributed by atoms with E-state index in [1.807, 2.05) is 7.05 Å². The average Bonchev–Trinajstić information content (AvgIpc) is 3.23. The van der Waals surface area contributed by atoms with Crippen molar-refractivity contribution in [1.29, 1.82) is 0 Å². The summed E-state index contributed by atoms with van der Waals surface area (Å²) in [5.41, 5.74) is 0.621. The van der Waals surface area contributed by atoms with Gasteiger partial charge in [-0.2, -0.15) is 0 Å². The van der Waals surface area contributed by atoms with Gasteiger partial charge in [0.25, 0.3) is 0 Å². The number of benzene rings is 1. The number of likely N-dealkylation sites (N-methyl/N-ethyl adjacent to an activating group) is 1. The van der Waals surface area contributed by atoms with Gasteiger partial charge in [0, 0.05) is 37.6 Å². The number of ether oxygens (including phenoxy) is 1. The number of hydrogen-bond donors (Lipinski definition) is 1. The third kappa shape index (κ3) is 3.21. The molecule has 2 atom stereocenters. The van der Waals surface area contributed by atoms with E-state index in [1.165, 1.54) is 0 Å². The van der Waals surface area contributed by atoms with Gasteiger partial charge in [0.15, 0.2) is 0 Å². The fourth-order valence-electron chi connectivity index (χ4n) is 3.42. The van der Waals surface area contributed by atoms with Crippen LogP contribution in [-0.4, -0.2) is 56.5 Å². The molecule has 2 amide bonds. The molecule has 7 heteroatoms. The highest BCUT2D eigenvalue weighted by molar-refractivity contribution is 6.31. The molecule has 1 N–H and O–H groups in total. The molecule has 3 rings (SSSR count). The summed E-state index contributed by atoms with van der Waals surface area (Å²) < 4.78 is 5.33. The quantitative estimate of drug-likeness (QED) is 0.893. The minimum Gasteiger partial charge on any atom is -0.495 e. The summed E-state index contributed by atoms with van der Waals surface area (Å²) in [6.07, 6.45) is 1.17. The largest absolute Gasteiger partial charge is 0.495 e. The summed E-state index contributed by atoms with van der Waals surface area (Å²) >= 11 is 6.06. The average molecular weight is 352 g/mol. The zero-order valence-corrected chi connectivity index (χ0v) is 14.7. The van der Waals surface area contributed by atoms with Crippen LogP contribution in [0.1, 0.15) is 12.8 Å². The van der Waals surface area contributed by atoms with Gasteiger partial charge in [-0.1, -0.05) is 11.6 Å². The SMILES string of the molecule is COc1ccc(Cl)cc1N1CC(C(=O)N(C)C2CCNC2)CC1=O. The molecule has 6 nitrogen and oxygen atoms in total. The number of rotatable bonds is 4. The molecule has 2 fully saturated rings. The van der Waals surface area contributed by atoms with E-state index in [9.17, 15) is 9.59 Å². The summed E-state index contributed by atoms with van der Waals surface area (Å²) in [4.78, 5) is 28.6. The molecule has 130 valence electrons. The Balaban J connectivity index is 1.76. The zero-order valence-electron chi connectivity index (χ0n) is 13.9. The molecule has 24 heavy (non-hydrogen) atoms. The third-order valence-electron chi connectivity index (χ3n) is 4.84. The van der Waals surface area contributed by atoms with Crippen LogP contribution < -0.4 is 15.0 Å². The maximum atomic E-state index is 12.7. The van der Waals surface area contributed by atoms with Crippen molar-refractivity contribution in [2.45, 2.75) is 18.9 Å². The van der Waals surface area contributed by atoms with Crippen molar-refractivity contribution in [3.8, 4) is 5.75 Å². The molecule has 2 unspecified atom stereocenters. The first-order valence-electron chi connectivity index (χ1n) is 8.12. The Bertz CT molecular complexity index is 646. The van der Waals surface area contributed by atoms with E-state index in [2.05, 4.69) is 5.32 Å². The van der Waals surface area contributed by atoms with Crippen LogP contribution in [0.3, 0.4) is 0 Å². The predicted octanol–water partition coefficient (Wildman–Crippen LogP) is 1.52. The van der Waals surface area contributed by atoms with Crippen molar-refractivity contribution in [3.63, 3.8) is 0 Å². The number of halogens is 1. The molecule has 2 heterocycles. The maximum Gasteiger partial charge on any atom is 0.228 e. The lowest BCUT2D eigenvalue weighted by molar-refractivity contribution is -0.136. The van der Waals surface area contributed by atoms with E-state index in [0.717, 1.165) is 19.5 Å². The summed E-state index contributed by atoms with van der Waals surface area (Å²) in [5.74, 6) is 0.202. The van der Waals surface area contributed by atoms with Crippen molar-refractivity contribution in [1.82, 2.24) is 10.2 Å². The third-order valence-corrected chi connectivity index (χ3v) is 5.07. The Labute approximate surface area is 146 Å². The molecule has 2 saturated heterocycles. The molecule has 2 aliphatic rings. The van der Waals surface area contributed by atoms with Crippen LogP contribution in [0.2, 0.25) is 5.02 Å². The van der Waals surface area contributed by atoms with Gasteiger partial charge in [-0.25, -0.2) is 0 Å². The summed E-state index contributed by atoms with van der Waals surface area (Å²) in [6.45, 7) is 2.10. The summed E-state index contributed by atoms with van der Waals surface area (Å²) in [5, 5.41) is 3.79. The van der Waals surface area contributed by atoms with Gasteiger partial charge < -0.3 is 19.9 Å². The first-order valence-corrected chi connectivity index (χ1v) is 8.50. The minimum absolute atomic E-state index is 0.0283. The molecule has 0 spiro atoms. The van der Waals surface area contributed by atoms with E-state index < -0.39 is 0 Å². The van der Waals surface area contributed by atoms with E-state index in [1.54, 1.807) is 35.1 Å². The highest BCUT2D eigenvalue weighted by Gasteiger charge is 2.39. The van der Waals surface area contributed by atoms with Gasteiger partial charge in [0.1, 0.15) is 5.75 Å². The first-order chi connectivity index (χ1) is 11.5. The number of anilines is 1. The zero-order chi connectivity index (χ0) is 17.3. The van der Waals surface area contributed by atoms with Gasteiger partial charge in [-0.15, -0.1) is 0 Å². The van der Waals surface area contributed by atoms with Crippen molar-refractivity contribution in [2.75, 3.05) is 38.7 Å². The second-order valence-electron chi connectivity index (χ2n) is 6.32. The van der Waals surface area contributed by atoms with Gasteiger partial charge in [0.2, 0.25) is 11.8 Å². The number of carbonyl (C=O) groups excluding carboxylic acids is 2. The smallest absolute Gasteiger partial charge is 0.228 e. The summed E-state index contributed by atoms with van der Waals surface area (Å²) in [7, 11) is 3.38. The Morgan fingerprint density at radius 3 is 2.92 bits per heavy atom. The van der Waals surface area contributed by atoms with Crippen LogP contribution >= 0.6 is 11.6 Å². The van der Waals surface area contributed by atoms with E-state index in [0.29, 0.717) is 23.0 Å². The van der Waals surface area contributed by atoms with Gasteiger partial charge in [0.05, 0.1) is 18.7 Å². The molecule has 1 aromatic carbocycles. The number of hydrogen-bond acceptors (Lipinski definition) is 4. The van der Waals surface area contributed by atoms with E-state index in [4.69, 9.17) is 16.3 Å². The van der Waals surface area contributed by atoms with Crippen LogP contribution in [-0.2, 0) is 9.59 Å². The fourth-order valence-corrected chi connectivity index (χ4v) is 3.58. The number of nitrogens with one attached hydrogen (secondary N) is 1. The van der Waals surface area contributed by atoms with Crippen LogP contribution in [0.4, 0.5) is 5.69 Å². The standard InChI is InChI=1S/C17H22ClN3O3/c1-20(13-5-6-19-9-13)17(23)11-7-16(22)21(10-11)14-8-12(18)3-4-15(14)24-2/h3-4,8,11,13,19H,5-7,9-10H2,1-2H3. The molecule has 0 radical (unpaired) electrons. The highest BCUT2D eigenvalue weighted by Crippen LogP contribution is 2.35. The predicted molar refractivity (Wildman–Crippen MR) is 92.5 cm³/mol. The topological polar surface area (TPSA) is 61.9 Å². The van der Waals surface area contributed by atoms with Crippen LogP contribution in [0.15, 0.2) is 18.2 Å². The molecule has 1 aromatic rings. The van der Waals surface area contributed by atoms with Crippen molar-refractivity contribution >= 4 is 29.1 Å². The Hall–Kier alpha value is -1.79. The van der Waals surface area contributed by atoms with Gasteiger partial charge >= 0.3 is 0 Å². The Morgan fingerprint density at radius 2 is 2.25 bits per heavy atom. The molecular weight excluding hydrogens is 330 g/mol.